The van der Waals surface area contributed by atoms with E-state index in [9.17, 15) is 18.0 Å². The second-order valence-corrected chi connectivity index (χ2v) is 13.9. The van der Waals surface area contributed by atoms with Crippen LogP contribution in [0.2, 0.25) is 0 Å². The third-order valence-electron chi connectivity index (χ3n) is 7.68. The van der Waals surface area contributed by atoms with Crippen LogP contribution in [0.15, 0.2) is 58.5 Å². The Kier molecular flexibility index (Phi) is 8.26. The molecule has 0 radical (unpaired) electrons. The Morgan fingerprint density at radius 1 is 0.976 bits per heavy atom. The number of ether oxygens (including phenoxy) is 3. The Balaban J connectivity index is 1.29. The average molecular weight is 598 g/mol. The molecule has 0 aliphatic carbocycles. The summed E-state index contributed by atoms with van der Waals surface area (Å²) in [6.07, 6.45) is 0.332. The van der Waals surface area contributed by atoms with Gasteiger partial charge in [-0.05, 0) is 61.6 Å². The minimum atomic E-state index is -3.76. The lowest BCUT2D eigenvalue weighted by Crippen LogP contribution is -2.43. The first-order valence-corrected chi connectivity index (χ1v) is 15.7. The van der Waals surface area contributed by atoms with Crippen LogP contribution in [0.1, 0.15) is 44.7 Å². The maximum Gasteiger partial charge on any atom is 0.410 e. The van der Waals surface area contributed by atoms with Crippen molar-refractivity contribution in [3.05, 3.63) is 64.7 Å². The normalized spacial score (nSPS) is 17.7. The van der Waals surface area contributed by atoms with Crippen LogP contribution in [-0.2, 0) is 26.0 Å². The molecule has 0 saturated carbocycles. The molecule has 3 aliphatic heterocycles. The highest BCUT2D eigenvalue weighted by Crippen LogP contribution is 2.36. The third kappa shape index (κ3) is 6.27. The van der Waals surface area contributed by atoms with E-state index in [1.165, 1.54) is 21.3 Å². The van der Waals surface area contributed by atoms with Crippen molar-refractivity contribution < 1.29 is 32.2 Å². The van der Waals surface area contributed by atoms with Gasteiger partial charge in [0.1, 0.15) is 18.8 Å². The van der Waals surface area contributed by atoms with E-state index in [1.807, 2.05) is 24.3 Å². The number of aryl methyl sites for hydroxylation is 1. The van der Waals surface area contributed by atoms with Crippen molar-refractivity contribution in [1.82, 2.24) is 14.1 Å². The summed E-state index contributed by atoms with van der Waals surface area (Å²) in [7, 11) is -2.13. The Morgan fingerprint density at radius 3 is 2.29 bits per heavy atom. The molecule has 2 aromatic rings. The number of fused-ring (bicyclic) bond motifs is 1. The molecular weight excluding hydrogens is 558 g/mol. The molecule has 0 aromatic heterocycles. The zero-order valence-corrected chi connectivity index (χ0v) is 25.7. The molecule has 0 fully saturated rings. The number of hydrogen-bond donors (Lipinski definition) is 0. The summed E-state index contributed by atoms with van der Waals surface area (Å²) in [4.78, 5) is 30.2. The topological polar surface area (TPSA) is 106 Å². The number of hydrogen-bond acceptors (Lipinski definition) is 7. The number of sulfonamides is 1. The lowest BCUT2D eigenvalue weighted by Gasteiger charge is -2.30. The van der Waals surface area contributed by atoms with Gasteiger partial charge in [0.15, 0.2) is 11.5 Å². The molecule has 10 nitrogen and oxygen atoms in total. The fourth-order valence-electron chi connectivity index (χ4n) is 5.47. The van der Waals surface area contributed by atoms with Gasteiger partial charge in [-0.3, -0.25) is 4.79 Å². The van der Waals surface area contributed by atoms with Crippen LogP contribution in [0.3, 0.4) is 0 Å². The van der Waals surface area contributed by atoms with E-state index >= 15 is 0 Å². The maximum absolute atomic E-state index is 14.0. The predicted octanol–water partition coefficient (Wildman–Crippen LogP) is 3.81. The first-order valence-electron chi connectivity index (χ1n) is 14.3. The van der Waals surface area contributed by atoms with Crippen LogP contribution < -0.4 is 9.47 Å². The molecule has 0 bridgehead atoms. The van der Waals surface area contributed by atoms with Gasteiger partial charge < -0.3 is 24.0 Å². The standard InChI is InChI=1S/C31H39N3O7S/c1-6-21-8-7-9-22(14-21)26(20-32(5)30(36)41-31(2,3)4)29(35)33-16-23-18-34(19-24(23)17-33)42(37,38)25-10-11-27-28(15-25)40-13-12-39-27/h7-11,14-15,26H,6,12-13,16-20H2,1-5H3. The van der Waals surface area contributed by atoms with Crippen molar-refractivity contribution in [3.63, 3.8) is 0 Å². The second-order valence-electron chi connectivity index (χ2n) is 12.0. The van der Waals surface area contributed by atoms with Gasteiger partial charge in [-0.15, -0.1) is 0 Å². The van der Waals surface area contributed by atoms with Crippen molar-refractivity contribution in [1.29, 1.82) is 0 Å². The molecule has 5 rings (SSSR count). The summed E-state index contributed by atoms with van der Waals surface area (Å²) in [6, 6.07) is 12.6. The molecule has 2 aromatic carbocycles. The summed E-state index contributed by atoms with van der Waals surface area (Å²) < 4.78 is 45.0. The first-order chi connectivity index (χ1) is 19.9. The number of amides is 2. The van der Waals surface area contributed by atoms with E-state index in [-0.39, 0.29) is 30.4 Å². The third-order valence-corrected chi connectivity index (χ3v) is 9.47. The van der Waals surface area contributed by atoms with Crippen LogP contribution in [0.4, 0.5) is 4.79 Å². The summed E-state index contributed by atoms with van der Waals surface area (Å²) in [5.41, 5.74) is 3.16. The van der Waals surface area contributed by atoms with Crippen molar-refractivity contribution in [2.24, 2.45) is 0 Å². The number of carbonyl (C=O) groups is 2. The molecule has 226 valence electrons. The lowest BCUT2D eigenvalue weighted by atomic mass is 9.94. The molecule has 11 heteroatoms. The molecule has 42 heavy (non-hydrogen) atoms. The van der Waals surface area contributed by atoms with E-state index in [0.29, 0.717) is 37.8 Å². The highest BCUT2D eigenvalue weighted by atomic mass is 32.2. The summed E-state index contributed by atoms with van der Waals surface area (Å²) in [6.45, 7) is 9.59. The van der Waals surface area contributed by atoms with Crippen molar-refractivity contribution in [3.8, 4) is 11.5 Å². The van der Waals surface area contributed by atoms with E-state index < -0.39 is 27.6 Å². The smallest absolute Gasteiger partial charge is 0.410 e. The van der Waals surface area contributed by atoms with Gasteiger partial charge in [-0.1, -0.05) is 31.2 Å². The van der Waals surface area contributed by atoms with Crippen molar-refractivity contribution in [2.75, 3.05) is 53.0 Å². The molecule has 0 spiro atoms. The molecule has 3 aliphatic rings. The van der Waals surface area contributed by atoms with Crippen molar-refractivity contribution >= 4 is 22.0 Å². The van der Waals surface area contributed by atoms with Crippen LogP contribution in [0, 0.1) is 0 Å². The SMILES string of the molecule is CCc1cccc(C(CN(C)C(=O)OC(C)(C)C)C(=O)N2CC3=C(C2)CN(S(=O)(=O)c2ccc4c(c2)OCCO4)C3)c1. The summed E-state index contributed by atoms with van der Waals surface area (Å²) >= 11 is 0. The van der Waals surface area contributed by atoms with E-state index in [0.717, 1.165) is 28.7 Å². The van der Waals surface area contributed by atoms with Gasteiger partial charge in [0, 0.05) is 45.8 Å². The average Bonchev–Trinajstić information content (AvgIpc) is 3.55. The predicted molar refractivity (Wildman–Crippen MR) is 157 cm³/mol. The monoisotopic (exact) mass is 597 g/mol. The summed E-state index contributed by atoms with van der Waals surface area (Å²) in [5, 5.41) is 0. The summed E-state index contributed by atoms with van der Waals surface area (Å²) in [5.74, 6) is 0.266. The van der Waals surface area contributed by atoms with E-state index in [2.05, 4.69) is 6.92 Å². The van der Waals surface area contributed by atoms with Gasteiger partial charge in [-0.25, -0.2) is 13.2 Å². The minimum Gasteiger partial charge on any atom is -0.486 e. The highest BCUT2D eigenvalue weighted by Gasteiger charge is 2.40. The quantitative estimate of drug-likeness (QED) is 0.447. The van der Waals surface area contributed by atoms with Crippen LogP contribution in [-0.4, -0.2) is 93.1 Å². The number of likely N-dealkylation sites (N-methyl/N-ethyl adjacent to an activating group) is 1. The number of benzene rings is 2. The van der Waals surface area contributed by atoms with Gasteiger partial charge in [0.05, 0.1) is 10.8 Å². The highest BCUT2D eigenvalue weighted by molar-refractivity contribution is 7.89. The second kappa shape index (κ2) is 11.6. The maximum atomic E-state index is 14.0. The molecule has 1 unspecified atom stereocenters. The van der Waals surface area contributed by atoms with Gasteiger partial charge in [0.25, 0.3) is 0 Å². The molecule has 2 amide bonds. The van der Waals surface area contributed by atoms with Crippen molar-refractivity contribution in [2.45, 2.75) is 50.5 Å². The Bertz CT molecular complexity index is 1490. The van der Waals surface area contributed by atoms with E-state index in [1.54, 1.807) is 38.8 Å². The molecule has 0 saturated heterocycles. The number of nitrogens with zero attached hydrogens (tertiary/aromatic N) is 3. The Morgan fingerprint density at radius 2 is 1.64 bits per heavy atom. The Hall–Kier alpha value is -3.57. The molecule has 1 atom stereocenters. The van der Waals surface area contributed by atoms with Gasteiger partial charge in [-0.2, -0.15) is 4.31 Å². The largest absolute Gasteiger partial charge is 0.486 e. The number of rotatable bonds is 7. The Labute approximate surface area is 247 Å². The van der Waals surface area contributed by atoms with E-state index in [4.69, 9.17) is 14.2 Å². The zero-order chi connectivity index (χ0) is 30.2. The molecule has 0 N–H and O–H groups in total. The minimum absolute atomic E-state index is 0.102. The van der Waals surface area contributed by atoms with Gasteiger partial charge in [0.2, 0.25) is 15.9 Å². The molecule has 3 heterocycles. The molecular formula is C31H39N3O7S. The zero-order valence-electron chi connectivity index (χ0n) is 24.9. The number of carbonyl (C=O) groups excluding carboxylic acids is 2. The first kappa shape index (κ1) is 29.9. The fourth-order valence-corrected chi connectivity index (χ4v) is 6.91. The van der Waals surface area contributed by atoms with Crippen LogP contribution in [0.25, 0.3) is 0 Å². The lowest BCUT2D eigenvalue weighted by molar-refractivity contribution is -0.132. The van der Waals surface area contributed by atoms with Crippen LogP contribution >= 0.6 is 0 Å². The fraction of sp³-hybridized carbons (Fsp3) is 0.484. The van der Waals surface area contributed by atoms with Gasteiger partial charge >= 0.3 is 6.09 Å². The van der Waals surface area contributed by atoms with Crippen LogP contribution in [0.5, 0.6) is 11.5 Å².